The molecule has 1 aromatic heterocycles. The van der Waals surface area contributed by atoms with E-state index in [0.717, 1.165) is 19.4 Å². The first-order valence-electron chi connectivity index (χ1n) is 6.71. The average molecular weight is 308 g/mol. The zero-order valence-electron chi connectivity index (χ0n) is 11.6. The molecule has 112 valence electrons. The van der Waals surface area contributed by atoms with Gasteiger partial charge in [0, 0.05) is 30.5 Å². The molecular weight excluding hydrogens is 290 g/mol. The van der Waals surface area contributed by atoms with Crippen LogP contribution in [0, 0.1) is 0 Å². The number of aryl methyl sites for hydroxylation is 1. The summed E-state index contributed by atoms with van der Waals surface area (Å²) < 4.78 is 2.01. The van der Waals surface area contributed by atoms with Gasteiger partial charge in [0.1, 0.15) is 0 Å². The minimum atomic E-state index is -0.187. The number of nitrogens with one attached hydrogen (secondary N) is 2. The fourth-order valence-corrected chi connectivity index (χ4v) is 2.14. The number of imidazole rings is 1. The molecule has 4 N–H and O–H groups in total. The fourth-order valence-electron chi connectivity index (χ4n) is 1.97. The van der Waals surface area contributed by atoms with E-state index in [4.69, 9.17) is 17.4 Å². The Morgan fingerprint density at radius 3 is 2.95 bits per heavy atom. The Balaban J connectivity index is 1.78. The number of aromatic nitrogens is 2. The molecule has 1 heterocycles. The largest absolute Gasteiger partial charge is 0.352 e. The minimum Gasteiger partial charge on any atom is -0.352 e. The number of halogens is 1. The van der Waals surface area contributed by atoms with E-state index in [2.05, 4.69) is 15.7 Å². The van der Waals surface area contributed by atoms with Crippen molar-refractivity contribution in [1.29, 1.82) is 0 Å². The number of anilines is 1. The van der Waals surface area contributed by atoms with Crippen LogP contribution in [0.15, 0.2) is 36.9 Å². The Kier molecular flexibility index (Phi) is 5.59. The normalized spacial score (nSPS) is 10.4. The number of hydrogen-bond acceptors (Lipinski definition) is 4. The highest BCUT2D eigenvalue weighted by Gasteiger charge is 2.10. The van der Waals surface area contributed by atoms with Crippen LogP contribution in [0.4, 0.5) is 5.69 Å². The molecule has 1 aromatic carbocycles. The number of carbonyl (C=O) groups is 1. The number of benzene rings is 1. The molecule has 0 unspecified atom stereocenters. The molecule has 1 amide bonds. The first-order valence-corrected chi connectivity index (χ1v) is 7.08. The van der Waals surface area contributed by atoms with Crippen molar-refractivity contribution in [2.24, 2.45) is 5.84 Å². The van der Waals surface area contributed by atoms with Gasteiger partial charge in [0.05, 0.1) is 17.6 Å². The number of rotatable bonds is 7. The first kappa shape index (κ1) is 15.3. The molecule has 0 aliphatic heterocycles. The molecule has 0 bridgehead atoms. The second-order valence-electron chi connectivity index (χ2n) is 4.60. The number of amides is 1. The molecule has 0 aliphatic rings. The van der Waals surface area contributed by atoms with Crippen LogP contribution in [0.3, 0.4) is 0 Å². The van der Waals surface area contributed by atoms with Gasteiger partial charge in [-0.15, -0.1) is 0 Å². The Hall–Kier alpha value is -2.05. The van der Waals surface area contributed by atoms with Gasteiger partial charge in [-0.25, -0.2) is 4.98 Å². The van der Waals surface area contributed by atoms with Crippen LogP contribution >= 0.6 is 11.6 Å². The highest BCUT2D eigenvalue weighted by atomic mass is 35.5. The van der Waals surface area contributed by atoms with Crippen molar-refractivity contribution in [3.8, 4) is 0 Å². The van der Waals surface area contributed by atoms with Crippen molar-refractivity contribution in [1.82, 2.24) is 14.9 Å². The number of hydrazine groups is 1. The highest BCUT2D eigenvalue weighted by molar-refractivity contribution is 6.31. The van der Waals surface area contributed by atoms with Crippen molar-refractivity contribution in [2.75, 3.05) is 12.0 Å². The zero-order valence-corrected chi connectivity index (χ0v) is 12.3. The third kappa shape index (κ3) is 4.47. The lowest BCUT2D eigenvalue weighted by Gasteiger charge is -2.10. The molecule has 0 spiro atoms. The first-order chi connectivity index (χ1) is 10.2. The highest BCUT2D eigenvalue weighted by Crippen LogP contribution is 2.19. The predicted molar refractivity (Wildman–Crippen MR) is 83.1 cm³/mol. The topological polar surface area (TPSA) is 85.0 Å². The summed E-state index contributed by atoms with van der Waals surface area (Å²) in [5.74, 6) is 5.20. The van der Waals surface area contributed by atoms with E-state index in [0.29, 0.717) is 22.8 Å². The van der Waals surface area contributed by atoms with Crippen LogP contribution in [0.5, 0.6) is 0 Å². The quantitative estimate of drug-likeness (QED) is 0.415. The van der Waals surface area contributed by atoms with Crippen molar-refractivity contribution < 1.29 is 4.79 Å². The number of nitrogens with zero attached hydrogens (tertiary/aromatic N) is 2. The Bertz CT molecular complexity index is 585. The summed E-state index contributed by atoms with van der Waals surface area (Å²) in [6, 6.07) is 4.95. The Labute approximate surface area is 128 Å². The van der Waals surface area contributed by atoms with Crippen molar-refractivity contribution in [3.05, 3.63) is 47.5 Å². The average Bonchev–Trinajstić information content (AvgIpc) is 3.00. The van der Waals surface area contributed by atoms with Crippen molar-refractivity contribution >= 4 is 23.2 Å². The molecule has 21 heavy (non-hydrogen) atoms. The van der Waals surface area contributed by atoms with Crippen LogP contribution in [0.2, 0.25) is 5.02 Å². The molecule has 0 radical (unpaired) electrons. The molecule has 7 heteroatoms. The predicted octanol–water partition coefficient (Wildman–Crippen LogP) is 2.03. The number of carbonyl (C=O) groups excluding carboxylic acids is 1. The maximum absolute atomic E-state index is 12.1. The standard InChI is InChI=1S/C14H18ClN5O/c15-11-3-4-13(19-16)12(9-11)14(21)18-5-1-2-7-20-8-6-17-10-20/h3-4,6,8-10,19H,1-2,5,7,16H2,(H,18,21). The van der Waals surface area contributed by atoms with E-state index in [9.17, 15) is 4.79 Å². The molecular formula is C14H18ClN5O. The molecule has 0 saturated carbocycles. The Morgan fingerprint density at radius 2 is 2.24 bits per heavy atom. The van der Waals surface area contributed by atoms with Crippen LogP contribution in [0.1, 0.15) is 23.2 Å². The van der Waals surface area contributed by atoms with Crippen LogP contribution in [-0.2, 0) is 6.54 Å². The maximum atomic E-state index is 12.1. The van der Waals surface area contributed by atoms with Crippen LogP contribution in [0.25, 0.3) is 0 Å². The van der Waals surface area contributed by atoms with Gasteiger partial charge in [-0.05, 0) is 31.0 Å². The van der Waals surface area contributed by atoms with Gasteiger partial charge < -0.3 is 15.3 Å². The smallest absolute Gasteiger partial charge is 0.253 e. The lowest BCUT2D eigenvalue weighted by molar-refractivity contribution is 0.0953. The second kappa shape index (κ2) is 7.66. The monoisotopic (exact) mass is 307 g/mol. The molecule has 6 nitrogen and oxygen atoms in total. The van der Waals surface area contributed by atoms with E-state index >= 15 is 0 Å². The summed E-state index contributed by atoms with van der Waals surface area (Å²) in [6.07, 6.45) is 7.31. The van der Waals surface area contributed by atoms with Gasteiger partial charge in [0.2, 0.25) is 0 Å². The van der Waals surface area contributed by atoms with E-state index in [1.54, 1.807) is 30.7 Å². The van der Waals surface area contributed by atoms with Crippen molar-refractivity contribution in [3.63, 3.8) is 0 Å². The fraction of sp³-hybridized carbons (Fsp3) is 0.286. The summed E-state index contributed by atoms with van der Waals surface area (Å²) in [4.78, 5) is 16.1. The number of nitrogen functional groups attached to an aromatic ring is 1. The molecule has 0 saturated heterocycles. The number of nitrogens with two attached hydrogens (primary N) is 1. The zero-order chi connectivity index (χ0) is 15.1. The summed E-state index contributed by atoms with van der Waals surface area (Å²) >= 11 is 5.90. The molecule has 2 aromatic rings. The maximum Gasteiger partial charge on any atom is 0.253 e. The van der Waals surface area contributed by atoms with Gasteiger partial charge in [-0.1, -0.05) is 11.6 Å². The van der Waals surface area contributed by atoms with E-state index in [1.165, 1.54) is 0 Å². The van der Waals surface area contributed by atoms with Crippen molar-refractivity contribution in [2.45, 2.75) is 19.4 Å². The summed E-state index contributed by atoms with van der Waals surface area (Å²) in [5, 5.41) is 3.36. The Morgan fingerprint density at radius 1 is 1.38 bits per heavy atom. The summed E-state index contributed by atoms with van der Waals surface area (Å²) in [7, 11) is 0. The van der Waals surface area contributed by atoms with Gasteiger partial charge in [-0.3, -0.25) is 10.6 Å². The van der Waals surface area contributed by atoms with Crippen LogP contribution in [-0.4, -0.2) is 22.0 Å². The van der Waals surface area contributed by atoms with Gasteiger partial charge in [0.25, 0.3) is 5.91 Å². The third-order valence-electron chi connectivity index (χ3n) is 3.07. The SMILES string of the molecule is NNc1ccc(Cl)cc1C(=O)NCCCCn1ccnc1. The van der Waals surface area contributed by atoms with Crippen LogP contribution < -0.4 is 16.6 Å². The van der Waals surface area contributed by atoms with E-state index < -0.39 is 0 Å². The second-order valence-corrected chi connectivity index (χ2v) is 5.03. The lowest BCUT2D eigenvalue weighted by Crippen LogP contribution is -2.26. The molecule has 0 atom stereocenters. The number of hydrogen-bond donors (Lipinski definition) is 3. The molecule has 0 aliphatic carbocycles. The van der Waals surface area contributed by atoms with Gasteiger partial charge in [-0.2, -0.15) is 0 Å². The minimum absolute atomic E-state index is 0.187. The summed E-state index contributed by atoms with van der Waals surface area (Å²) in [6.45, 7) is 1.49. The van der Waals surface area contributed by atoms with E-state index in [1.807, 2.05) is 10.8 Å². The number of unbranched alkanes of at least 4 members (excludes halogenated alkanes) is 1. The van der Waals surface area contributed by atoms with Gasteiger partial charge in [0.15, 0.2) is 0 Å². The lowest BCUT2D eigenvalue weighted by atomic mass is 10.1. The summed E-state index contributed by atoms with van der Waals surface area (Å²) in [5.41, 5.74) is 3.49. The van der Waals surface area contributed by atoms with E-state index in [-0.39, 0.29) is 5.91 Å². The van der Waals surface area contributed by atoms with Gasteiger partial charge >= 0.3 is 0 Å². The molecule has 0 fully saturated rings. The molecule has 2 rings (SSSR count). The third-order valence-corrected chi connectivity index (χ3v) is 3.30.